The number of nitrogens with one attached hydrogen (secondary N) is 3. The summed E-state index contributed by atoms with van der Waals surface area (Å²) in [5.74, 6) is -2.61. The molecule has 0 fully saturated rings. The second-order valence-electron chi connectivity index (χ2n) is 9.25. The minimum absolute atomic E-state index is 0.0658. The van der Waals surface area contributed by atoms with Gasteiger partial charge in [0, 0.05) is 25.0 Å². The van der Waals surface area contributed by atoms with Crippen molar-refractivity contribution >= 4 is 29.5 Å². The van der Waals surface area contributed by atoms with Crippen molar-refractivity contribution in [3.63, 3.8) is 0 Å². The van der Waals surface area contributed by atoms with Crippen molar-refractivity contribution < 1.29 is 19.6 Å². The maximum Gasteiger partial charge on any atom is 0.248 e. The van der Waals surface area contributed by atoms with Crippen molar-refractivity contribution in [1.29, 1.82) is 0 Å². The SMILES string of the molecule is CNC(=O)[C@H](Cc1ccccc1)NC(=O)[C@H](CC(C)C)[C@H](CSCC(N=O)c1ccccc1)C(=O)NO. The molecule has 10 heteroatoms. The molecule has 0 aromatic heterocycles. The van der Waals surface area contributed by atoms with Gasteiger partial charge in [0.05, 0.1) is 11.8 Å². The van der Waals surface area contributed by atoms with Crippen LogP contribution in [0.4, 0.5) is 0 Å². The highest BCUT2D eigenvalue weighted by Gasteiger charge is 2.36. The zero-order valence-corrected chi connectivity index (χ0v) is 22.2. The van der Waals surface area contributed by atoms with E-state index in [1.807, 2.05) is 74.5 Å². The van der Waals surface area contributed by atoms with Crippen LogP contribution < -0.4 is 16.1 Å². The zero-order valence-electron chi connectivity index (χ0n) is 21.4. The van der Waals surface area contributed by atoms with Gasteiger partial charge in [-0.05, 0) is 23.5 Å². The number of hydrogen-bond acceptors (Lipinski definition) is 7. The van der Waals surface area contributed by atoms with Gasteiger partial charge in [-0.25, -0.2) is 5.48 Å². The molecule has 1 unspecified atom stereocenters. The number of nitroso groups, excluding NO2 is 1. The highest BCUT2D eigenvalue weighted by atomic mass is 32.2. The van der Waals surface area contributed by atoms with E-state index in [9.17, 15) is 24.5 Å². The number of hydrogen-bond donors (Lipinski definition) is 4. The van der Waals surface area contributed by atoms with Crippen LogP contribution in [0, 0.1) is 22.7 Å². The highest BCUT2D eigenvalue weighted by Crippen LogP contribution is 2.29. The molecule has 3 amide bonds. The summed E-state index contributed by atoms with van der Waals surface area (Å²) < 4.78 is 0. The summed E-state index contributed by atoms with van der Waals surface area (Å²) in [4.78, 5) is 50.2. The average molecular weight is 529 g/mol. The Hall–Kier alpha value is -3.24. The van der Waals surface area contributed by atoms with Crippen molar-refractivity contribution in [2.75, 3.05) is 18.6 Å². The van der Waals surface area contributed by atoms with Gasteiger partial charge in [0.2, 0.25) is 17.7 Å². The quantitative estimate of drug-likeness (QED) is 0.159. The fourth-order valence-electron chi connectivity index (χ4n) is 4.10. The Morgan fingerprint density at radius 2 is 1.51 bits per heavy atom. The van der Waals surface area contributed by atoms with E-state index in [1.165, 1.54) is 18.8 Å². The Labute approximate surface area is 222 Å². The summed E-state index contributed by atoms with van der Waals surface area (Å²) in [7, 11) is 1.50. The predicted molar refractivity (Wildman–Crippen MR) is 145 cm³/mol. The summed E-state index contributed by atoms with van der Waals surface area (Å²) >= 11 is 1.31. The van der Waals surface area contributed by atoms with E-state index in [4.69, 9.17) is 0 Å². The largest absolute Gasteiger partial charge is 0.357 e. The average Bonchev–Trinajstić information content (AvgIpc) is 2.91. The van der Waals surface area contributed by atoms with Crippen LogP contribution in [-0.4, -0.2) is 47.5 Å². The van der Waals surface area contributed by atoms with Gasteiger partial charge in [-0.2, -0.15) is 16.7 Å². The molecule has 0 aliphatic heterocycles. The predicted octanol–water partition coefficient (Wildman–Crippen LogP) is 3.48. The minimum atomic E-state index is -0.887. The Kier molecular flexibility index (Phi) is 12.8. The number of carbonyl (C=O) groups is 3. The van der Waals surface area contributed by atoms with Crippen LogP contribution >= 0.6 is 11.8 Å². The summed E-state index contributed by atoms with van der Waals surface area (Å²) in [6.07, 6.45) is 0.653. The van der Waals surface area contributed by atoms with Crippen LogP contribution in [0.5, 0.6) is 0 Å². The molecule has 37 heavy (non-hydrogen) atoms. The van der Waals surface area contributed by atoms with Crippen molar-refractivity contribution in [1.82, 2.24) is 16.1 Å². The molecule has 0 radical (unpaired) electrons. The van der Waals surface area contributed by atoms with Gasteiger partial charge in [0.15, 0.2) is 0 Å². The molecule has 0 aliphatic carbocycles. The van der Waals surface area contributed by atoms with Gasteiger partial charge in [0.1, 0.15) is 12.1 Å². The number of benzene rings is 2. The molecule has 0 spiro atoms. The lowest BCUT2D eigenvalue weighted by atomic mass is 9.84. The molecule has 4 N–H and O–H groups in total. The Morgan fingerprint density at radius 1 is 0.892 bits per heavy atom. The Morgan fingerprint density at radius 3 is 2.05 bits per heavy atom. The third-order valence-electron chi connectivity index (χ3n) is 6.04. The number of amides is 3. The van der Waals surface area contributed by atoms with Crippen LogP contribution in [-0.2, 0) is 20.8 Å². The van der Waals surface area contributed by atoms with Gasteiger partial charge in [-0.15, -0.1) is 0 Å². The van der Waals surface area contributed by atoms with Gasteiger partial charge in [-0.1, -0.05) is 79.7 Å². The van der Waals surface area contributed by atoms with E-state index in [0.717, 1.165) is 11.1 Å². The van der Waals surface area contributed by atoms with E-state index >= 15 is 0 Å². The lowest BCUT2D eigenvalue weighted by molar-refractivity contribution is -0.140. The lowest BCUT2D eigenvalue weighted by Gasteiger charge is -2.28. The van der Waals surface area contributed by atoms with Crippen molar-refractivity contribution in [2.24, 2.45) is 22.9 Å². The first kappa shape index (κ1) is 30.0. The third-order valence-corrected chi connectivity index (χ3v) is 7.19. The van der Waals surface area contributed by atoms with E-state index in [-0.39, 0.29) is 24.0 Å². The number of thioether (sulfide) groups is 1. The number of likely N-dealkylation sites (N-methyl/N-ethyl adjacent to an activating group) is 1. The topological polar surface area (TPSA) is 137 Å². The lowest BCUT2D eigenvalue weighted by Crippen LogP contribution is -2.51. The van der Waals surface area contributed by atoms with E-state index in [1.54, 1.807) is 5.48 Å². The molecule has 2 aromatic rings. The molecule has 2 aromatic carbocycles. The first-order chi connectivity index (χ1) is 17.8. The van der Waals surface area contributed by atoms with Gasteiger partial charge >= 0.3 is 0 Å². The smallest absolute Gasteiger partial charge is 0.248 e. The normalized spacial score (nSPS) is 14.2. The molecule has 4 atom stereocenters. The van der Waals surface area contributed by atoms with E-state index < -0.39 is 35.7 Å². The molecule has 2 rings (SSSR count). The maximum absolute atomic E-state index is 13.5. The Bertz CT molecular complexity index is 1010. The monoisotopic (exact) mass is 528 g/mol. The summed E-state index contributed by atoms with van der Waals surface area (Å²) in [6.45, 7) is 3.87. The molecule has 0 aliphatic rings. The van der Waals surface area contributed by atoms with Gasteiger partial charge < -0.3 is 10.6 Å². The molecule has 0 heterocycles. The molecular weight excluding hydrogens is 492 g/mol. The summed E-state index contributed by atoms with van der Waals surface area (Å²) in [5, 5.41) is 18.1. The zero-order chi connectivity index (χ0) is 27.2. The number of rotatable bonds is 15. The van der Waals surface area contributed by atoms with Crippen LogP contribution in [0.25, 0.3) is 0 Å². The van der Waals surface area contributed by atoms with Crippen molar-refractivity contribution in [3.05, 3.63) is 76.7 Å². The fraction of sp³-hybridized carbons (Fsp3) is 0.444. The number of nitrogens with zero attached hydrogens (tertiary/aromatic N) is 1. The van der Waals surface area contributed by atoms with E-state index in [0.29, 0.717) is 12.2 Å². The molecular formula is C27H36N4O5S. The molecule has 0 saturated heterocycles. The van der Waals surface area contributed by atoms with E-state index in [2.05, 4.69) is 15.8 Å². The number of hydroxylamine groups is 1. The summed E-state index contributed by atoms with van der Waals surface area (Å²) in [5.41, 5.74) is 3.33. The maximum atomic E-state index is 13.5. The molecule has 200 valence electrons. The Balaban J connectivity index is 2.20. The van der Waals surface area contributed by atoms with Crippen LogP contribution in [0.3, 0.4) is 0 Å². The third kappa shape index (κ3) is 9.62. The first-order valence-corrected chi connectivity index (χ1v) is 13.4. The van der Waals surface area contributed by atoms with Crippen LogP contribution in [0.1, 0.15) is 37.4 Å². The van der Waals surface area contributed by atoms with Crippen molar-refractivity contribution in [3.8, 4) is 0 Å². The van der Waals surface area contributed by atoms with Crippen LogP contribution in [0.2, 0.25) is 0 Å². The molecule has 0 saturated carbocycles. The summed E-state index contributed by atoms with van der Waals surface area (Å²) in [6, 6.07) is 17.0. The highest BCUT2D eigenvalue weighted by molar-refractivity contribution is 7.99. The standard InChI is InChI=1S/C27H36N4O5S/c1-18(2)14-21(25(32)29-23(27(34)28-3)15-19-10-6-4-7-11-19)22(26(33)31-36)16-37-17-24(30-35)20-12-8-5-9-13-20/h4-13,18,21-24,36H,14-17H2,1-3H3,(H,28,34)(H,29,32)(H,31,33)/t21-,22+,23+,24?/m1/s1. The van der Waals surface area contributed by atoms with Gasteiger partial charge in [0.25, 0.3) is 0 Å². The molecule has 0 bridgehead atoms. The number of carbonyl (C=O) groups excluding carboxylic acids is 3. The molecule has 9 nitrogen and oxygen atoms in total. The first-order valence-electron chi connectivity index (χ1n) is 12.3. The second-order valence-corrected chi connectivity index (χ2v) is 10.3. The van der Waals surface area contributed by atoms with Gasteiger partial charge in [-0.3, -0.25) is 19.6 Å². The fourth-order valence-corrected chi connectivity index (χ4v) is 5.35. The second kappa shape index (κ2) is 15.8. The van der Waals surface area contributed by atoms with Crippen molar-refractivity contribution in [2.45, 2.75) is 38.8 Å². The van der Waals surface area contributed by atoms with Crippen LogP contribution in [0.15, 0.2) is 65.8 Å². The minimum Gasteiger partial charge on any atom is -0.357 e.